The molecule has 110 valence electrons. The summed E-state index contributed by atoms with van der Waals surface area (Å²) in [5.41, 5.74) is 1.08. The smallest absolute Gasteiger partial charge is 0.261 e. The molecule has 0 aliphatic carbocycles. The van der Waals surface area contributed by atoms with Crippen LogP contribution in [0.2, 0.25) is 0 Å². The lowest BCUT2D eigenvalue weighted by atomic mass is 10.1. The fraction of sp³-hybridized carbons (Fsp3) is 0.200. The molecule has 4 nitrogen and oxygen atoms in total. The van der Waals surface area contributed by atoms with E-state index in [1.807, 2.05) is 0 Å². The van der Waals surface area contributed by atoms with Gasteiger partial charge in [-0.3, -0.25) is 4.72 Å². The van der Waals surface area contributed by atoms with Crippen LogP contribution in [0.5, 0.6) is 5.75 Å². The first-order chi connectivity index (χ1) is 10.0. The maximum atomic E-state index is 13.1. The monoisotopic (exact) mass is 307 g/mol. The zero-order valence-corrected chi connectivity index (χ0v) is 12.0. The molecular formula is C15H14FNO3S. The Bertz CT molecular complexity index is 774. The Morgan fingerprint density at radius 1 is 1.14 bits per heavy atom. The van der Waals surface area contributed by atoms with Crippen molar-refractivity contribution in [2.45, 2.75) is 17.7 Å². The van der Waals surface area contributed by atoms with Crippen molar-refractivity contribution >= 4 is 15.7 Å². The summed E-state index contributed by atoms with van der Waals surface area (Å²) in [6, 6.07) is 10.1. The second kappa shape index (κ2) is 5.37. The maximum Gasteiger partial charge on any atom is 0.261 e. The van der Waals surface area contributed by atoms with Crippen LogP contribution in [0.4, 0.5) is 10.1 Å². The molecule has 1 N–H and O–H groups in total. The highest BCUT2D eigenvalue weighted by Gasteiger charge is 2.18. The van der Waals surface area contributed by atoms with Crippen molar-refractivity contribution in [3.63, 3.8) is 0 Å². The third-order valence-electron chi connectivity index (χ3n) is 3.27. The van der Waals surface area contributed by atoms with E-state index in [9.17, 15) is 12.8 Å². The van der Waals surface area contributed by atoms with Gasteiger partial charge < -0.3 is 4.74 Å². The second-order valence-electron chi connectivity index (χ2n) is 4.84. The van der Waals surface area contributed by atoms with E-state index in [4.69, 9.17) is 4.74 Å². The van der Waals surface area contributed by atoms with Crippen LogP contribution < -0.4 is 9.46 Å². The van der Waals surface area contributed by atoms with Gasteiger partial charge in [-0.2, -0.15) is 0 Å². The highest BCUT2D eigenvalue weighted by molar-refractivity contribution is 7.92. The number of anilines is 1. The molecule has 0 radical (unpaired) electrons. The number of fused-ring (bicyclic) bond motifs is 1. The molecule has 0 atom stereocenters. The molecule has 1 aliphatic heterocycles. The summed E-state index contributed by atoms with van der Waals surface area (Å²) in [6.07, 6.45) is 1.66. The van der Waals surface area contributed by atoms with Crippen molar-refractivity contribution < 1.29 is 17.5 Å². The fourth-order valence-electron chi connectivity index (χ4n) is 2.27. The van der Waals surface area contributed by atoms with Gasteiger partial charge in [0.25, 0.3) is 10.0 Å². The SMILES string of the molecule is O=S(=O)(Nc1cccc(F)c1)c1ccc2c(c1)CCCO2. The number of hydrogen-bond acceptors (Lipinski definition) is 3. The number of halogens is 1. The number of nitrogens with one attached hydrogen (secondary N) is 1. The number of hydrogen-bond donors (Lipinski definition) is 1. The summed E-state index contributed by atoms with van der Waals surface area (Å²) in [7, 11) is -3.74. The average molecular weight is 307 g/mol. The molecule has 0 bridgehead atoms. The molecule has 0 unspecified atom stereocenters. The molecule has 0 saturated heterocycles. The van der Waals surface area contributed by atoms with E-state index in [2.05, 4.69) is 4.72 Å². The molecule has 0 aromatic heterocycles. The summed E-state index contributed by atoms with van der Waals surface area (Å²) in [4.78, 5) is 0.149. The standard InChI is InChI=1S/C15H14FNO3S/c16-12-4-1-5-13(10-12)17-21(18,19)14-6-7-15-11(9-14)3-2-8-20-15/h1,4-7,9-10,17H,2-3,8H2. The van der Waals surface area contributed by atoms with Crippen molar-refractivity contribution in [3.05, 3.63) is 53.8 Å². The highest BCUT2D eigenvalue weighted by Crippen LogP contribution is 2.28. The third-order valence-corrected chi connectivity index (χ3v) is 4.65. The van der Waals surface area contributed by atoms with Crippen molar-refractivity contribution in [2.24, 2.45) is 0 Å². The minimum atomic E-state index is -3.74. The Morgan fingerprint density at radius 3 is 2.81 bits per heavy atom. The molecule has 0 saturated carbocycles. The van der Waals surface area contributed by atoms with Gasteiger partial charge >= 0.3 is 0 Å². The lowest BCUT2D eigenvalue weighted by Gasteiger charge is -2.18. The Kier molecular flexibility index (Phi) is 3.55. The van der Waals surface area contributed by atoms with Gasteiger partial charge in [0.1, 0.15) is 11.6 Å². The normalized spacial score (nSPS) is 14.1. The van der Waals surface area contributed by atoms with Gasteiger partial charge in [-0.1, -0.05) is 6.07 Å². The number of sulfonamides is 1. The number of benzene rings is 2. The van der Waals surface area contributed by atoms with Gasteiger partial charge in [0.2, 0.25) is 0 Å². The molecule has 3 rings (SSSR count). The Balaban J connectivity index is 1.91. The summed E-state index contributed by atoms with van der Waals surface area (Å²) in [5, 5.41) is 0. The summed E-state index contributed by atoms with van der Waals surface area (Å²) in [5.74, 6) is 0.236. The average Bonchev–Trinajstić information content (AvgIpc) is 2.46. The van der Waals surface area contributed by atoms with Crippen molar-refractivity contribution in [2.75, 3.05) is 11.3 Å². The lowest BCUT2D eigenvalue weighted by molar-refractivity contribution is 0.288. The number of aryl methyl sites for hydroxylation is 1. The third kappa shape index (κ3) is 3.00. The molecule has 2 aromatic rings. The van der Waals surface area contributed by atoms with Gasteiger partial charge in [-0.05, 0) is 54.8 Å². The van der Waals surface area contributed by atoms with Crippen LogP contribution in [0.25, 0.3) is 0 Å². The molecule has 0 spiro atoms. The van der Waals surface area contributed by atoms with Crippen LogP contribution in [0, 0.1) is 5.82 Å². The number of rotatable bonds is 3. The van der Waals surface area contributed by atoms with Crippen LogP contribution in [0.1, 0.15) is 12.0 Å². The van der Waals surface area contributed by atoms with Crippen LogP contribution in [-0.4, -0.2) is 15.0 Å². The first-order valence-electron chi connectivity index (χ1n) is 6.59. The lowest BCUT2D eigenvalue weighted by Crippen LogP contribution is -2.15. The van der Waals surface area contributed by atoms with E-state index in [0.29, 0.717) is 6.61 Å². The molecule has 0 fully saturated rings. The molecule has 2 aromatic carbocycles. The topological polar surface area (TPSA) is 55.4 Å². The van der Waals surface area contributed by atoms with Crippen LogP contribution >= 0.6 is 0 Å². The zero-order valence-electron chi connectivity index (χ0n) is 11.2. The van der Waals surface area contributed by atoms with E-state index < -0.39 is 15.8 Å². The molecule has 1 heterocycles. The van der Waals surface area contributed by atoms with Gasteiger partial charge in [-0.15, -0.1) is 0 Å². The van der Waals surface area contributed by atoms with Crippen molar-refractivity contribution in [3.8, 4) is 5.75 Å². The Hall–Kier alpha value is -2.08. The predicted octanol–water partition coefficient (Wildman–Crippen LogP) is 2.95. The molecule has 21 heavy (non-hydrogen) atoms. The molecule has 0 amide bonds. The zero-order chi connectivity index (χ0) is 14.9. The van der Waals surface area contributed by atoms with Gasteiger partial charge in [0.05, 0.1) is 17.2 Å². The predicted molar refractivity (Wildman–Crippen MR) is 77.5 cm³/mol. The van der Waals surface area contributed by atoms with Gasteiger partial charge in [-0.25, -0.2) is 12.8 Å². The fourth-order valence-corrected chi connectivity index (χ4v) is 3.37. The maximum absolute atomic E-state index is 13.1. The largest absolute Gasteiger partial charge is 0.493 e. The minimum absolute atomic E-state index is 0.149. The van der Waals surface area contributed by atoms with Crippen molar-refractivity contribution in [1.29, 1.82) is 0 Å². The van der Waals surface area contributed by atoms with E-state index in [1.54, 1.807) is 12.1 Å². The quantitative estimate of drug-likeness (QED) is 0.948. The molecule has 1 aliphatic rings. The highest BCUT2D eigenvalue weighted by atomic mass is 32.2. The summed E-state index contributed by atoms with van der Waals surface area (Å²) < 4.78 is 45.6. The van der Waals surface area contributed by atoms with E-state index in [0.717, 1.165) is 30.2 Å². The first-order valence-corrected chi connectivity index (χ1v) is 8.07. The number of ether oxygens (including phenoxy) is 1. The first kappa shape index (κ1) is 13.9. The van der Waals surface area contributed by atoms with Gasteiger partial charge in [0, 0.05) is 0 Å². The van der Waals surface area contributed by atoms with E-state index in [1.165, 1.54) is 24.3 Å². The van der Waals surface area contributed by atoms with Gasteiger partial charge in [0.15, 0.2) is 0 Å². The Morgan fingerprint density at radius 2 is 2.00 bits per heavy atom. The van der Waals surface area contributed by atoms with E-state index in [-0.39, 0.29) is 10.6 Å². The van der Waals surface area contributed by atoms with Crippen molar-refractivity contribution in [1.82, 2.24) is 0 Å². The summed E-state index contributed by atoms with van der Waals surface area (Å²) in [6.45, 7) is 0.653. The molecule has 6 heteroatoms. The second-order valence-corrected chi connectivity index (χ2v) is 6.52. The summed E-state index contributed by atoms with van der Waals surface area (Å²) >= 11 is 0. The van der Waals surface area contributed by atoms with Crippen LogP contribution in [-0.2, 0) is 16.4 Å². The Labute approximate surface area is 122 Å². The van der Waals surface area contributed by atoms with E-state index >= 15 is 0 Å². The minimum Gasteiger partial charge on any atom is -0.493 e. The molecular weight excluding hydrogens is 293 g/mol. The van der Waals surface area contributed by atoms with Crippen LogP contribution in [0.3, 0.4) is 0 Å². The van der Waals surface area contributed by atoms with Crippen LogP contribution in [0.15, 0.2) is 47.4 Å².